The van der Waals surface area contributed by atoms with Crippen molar-refractivity contribution in [1.29, 1.82) is 0 Å². The van der Waals surface area contributed by atoms with Gasteiger partial charge >= 0.3 is 0 Å². The summed E-state index contributed by atoms with van der Waals surface area (Å²) in [6.07, 6.45) is 0.0463. The molecule has 0 aromatic carbocycles. The molecule has 1 fully saturated rings. The smallest absolute Gasteiger partial charge is 0.162 e. The minimum Gasteiger partial charge on any atom is -0.388 e. The summed E-state index contributed by atoms with van der Waals surface area (Å²) in [4.78, 5) is 0. The van der Waals surface area contributed by atoms with E-state index in [1.54, 1.807) is 13.8 Å². The van der Waals surface area contributed by atoms with Crippen molar-refractivity contribution in [1.82, 2.24) is 0 Å². The molecule has 1 heterocycles. The Bertz CT molecular complexity index is 189. The predicted molar refractivity (Wildman–Crippen MR) is 53.2 cm³/mol. The summed E-state index contributed by atoms with van der Waals surface area (Å²) in [5.74, 6) is -1.20. The summed E-state index contributed by atoms with van der Waals surface area (Å²) in [6, 6.07) is 0. The molecule has 0 aromatic heterocycles. The van der Waals surface area contributed by atoms with Crippen LogP contribution >= 0.6 is 0 Å². The van der Waals surface area contributed by atoms with Gasteiger partial charge in [0, 0.05) is 13.5 Å². The highest BCUT2D eigenvalue weighted by molar-refractivity contribution is 4.76. The second-order valence-corrected chi connectivity index (χ2v) is 4.27. The predicted octanol–water partition coefficient (Wildman–Crippen LogP) is 0.244. The molecule has 0 bridgehead atoms. The van der Waals surface area contributed by atoms with E-state index in [1.807, 2.05) is 0 Å². The topological polar surface area (TPSA) is 68.2 Å². The van der Waals surface area contributed by atoms with Gasteiger partial charge in [0.2, 0.25) is 0 Å². The number of aliphatic hydroxyl groups is 2. The molecule has 1 aliphatic heterocycles. The molecule has 3 atom stereocenters. The maximum absolute atomic E-state index is 9.60. The van der Waals surface area contributed by atoms with E-state index in [4.69, 9.17) is 14.2 Å². The van der Waals surface area contributed by atoms with E-state index < -0.39 is 18.2 Å². The average Bonchev–Trinajstić information content (AvgIpc) is 2.50. The second kappa shape index (κ2) is 5.23. The Morgan fingerprint density at radius 1 is 1.47 bits per heavy atom. The highest BCUT2D eigenvalue weighted by Crippen LogP contribution is 2.25. The summed E-state index contributed by atoms with van der Waals surface area (Å²) >= 11 is 0. The van der Waals surface area contributed by atoms with E-state index in [9.17, 15) is 10.2 Å². The van der Waals surface area contributed by atoms with Crippen molar-refractivity contribution >= 4 is 0 Å². The van der Waals surface area contributed by atoms with Crippen LogP contribution in [0, 0.1) is 0 Å². The van der Waals surface area contributed by atoms with Gasteiger partial charge in [0.15, 0.2) is 12.1 Å². The maximum atomic E-state index is 9.60. The minimum absolute atomic E-state index is 0.250. The van der Waals surface area contributed by atoms with Gasteiger partial charge in [-0.05, 0) is 20.3 Å². The molecule has 0 aliphatic carbocycles. The first-order chi connectivity index (χ1) is 6.92. The molecule has 5 nitrogen and oxygen atoms in total. The quantitative estimate of drug-likeness (QED) is 0.650. The van der Waals surface area contributed by atoms with Crippen molar-refractivity contribution in [3.05, 3.63) is 0 Å². The molecule has 15 heavy (non-hydrogen) atoms. The first kappa shape index (κ1) is 12.9. The lowest BCUT2D eigenvalue weighted by molar-refractivity contribution is -0.273. The number of methoxy groups -OCH3 is 1. The van der Waals surface area contributed by atoms with Crippen LogP contribution in [0.3, 0.4) is 0 Å². The van der Waals surface area contributed by atoms with Crippen LogP contribution in [0.2, 0.25) is 0 Å². The van der Waals surface area contributed by atoms with E-state index in [0.29, 0.717) is 12.8 Å². The Labute approximate surface area is 89.9 Å². The molecule has 2 N–H and O–H groups in total. The van der Waals surface area contributed by atoms with Crippen molar-refractivity contribution in [3.8, 4) is 0 Å². The third-order valence-corrected chi connectivity index (χ3v) is 2.20. The lowest BCUT2D eigenvalue weighted by Crippen LogP contribution is -2.34. The first-order valence-electron chi connectivity index (χ1n) is 5.15. The van der Waals surface area contributed by atoms with Gasteiger partial charge in [0.1, 0.15) is 6.10 Å². The van der Waals surface area contributed by atoms with E-state index in [-0.39, 0.29) is 12.7 Å². The fourth-order valence-corrected chi connectivity index (χ4v) is 1.60. The zero-order chi connectivity index (χ0) is 11.5. The monoisotopic (exact) mass is 220 g/mol. The lowest BCUT2D eigenvalue weighted by Gasteiger charge is -2.24. The molecule has 90 valence electrons. The summed E-state index contributed by atoms with van der Waals surface area (Å²) in [6.45, 7) is 3.35. The Morgan fingerprint density at radius 3 is 2.67 bits per heavy atom. The van der Waals surface area contributed by atoms with Crippen LogP contribution < -0.4 is 0 Å². The number of rotatable bonds is 5. The van der Waals surface area contributed by atoms with Crippen LogP contribution in [0.25, 0.3) is 0 Å². The average molecular weight is 220 g/mol. The molecule has 1 rings (SSSR count). The zero-order valence-corrected chi connectivity index (χ0v) is 9.47. The third kappa shape index (κ3) is 4.44. The molecular formula is C10H20O5. The van der Waals surface area contributed by atoms with Crippen LogP contribution in [-0.4, -0.2) is 48.2 Å². The fourth-order valence-electron chi connectivity index (χ4n) is 1.60. The third-order valence-electron chi connectivity index (χ3n) is 2.20. The van der Waals surface area contributed by atoms with Crippen LogP contribution in [-0.2, 0) is 14.2 Å². The summed E-state index contributed by atoms with van der Waals surface area (Å²) in [5.41, 5.74) is 0. The largest absolute Gasteiger partial charge is 0.388 e. The molecule has 0 amide bonds. The van der Waals surface area contributed by atoms with E-state index in [1.165, 1.54) is 7.11 Å². The van der Waals surface area contributed by atoms with E-state index >= 15 is 0 Å². The molecular weight excluding hydrogens is 200 g/mol. The Balaban J connectivity index is 2.32. The summed E-state index contributed by atoms with van der Waals surface area (Å²) < 4.78 is 15.5. The van der Waals surface area contributed by atoms with Crippen molar-refractivity contribution in [2.75, 3.05) is 13.7 Å². The molecule has 1 unspecified atom stereocenters. The summed E-state index contributed by atoms with van der Waals surface area (Å²) in [5, 5.41) is 19.0. The number of aliphatic hydroxyl groups excluding tert-OH is 1. The normalized spacial score (nSPS) is 29.4. The number of hydrogen-bond acceptors (Lipinski definition) is 5. The summed E-state index contributed by atoms with van der Waals surface area (Å²) in [7, 11) is 1.53. The SMILES string of the molecule is COCC(O)[C@@H]1CC[C@@H](OC(C)(C)O)O1. The van der Waals surface area contributed by atoms with Gasteiger partial charge < -0.3 is 24.4 Å². The molecule has 1 saturated heterocycles. The standard InChI is InChI=1S/C10H20O5/c1-10(2,12)15-9-5-4-8(14-9)7(11)6-13-3/h7-9,11-12H,4-6H2,1-3H3/t7?,8-,9+/m0/s1. The number of ether oxygens (including phenoxy) is 3. The van der Waals surface area contributed by atoms with Crippen molar-refractivity contribution in [3.63, 3.8) is 0 Å². The van der Waals surface area contributed by atoms with Crippen LogP contribution in [0.1, 0.15) is 26.7 Å². The van der Waals surface area contributed by atoms with Crippen molar-refractivity contribution < 1.29 is 24.4 Å². The van der Waals surface area contributed by atoms with Gasteiger partial charge in [-0.2, -0.15) is 0 Å². The molecule has 0 saturated carbocycles. The van der Waals surface area contributed by atoms with Gasteiger partial charge in [0.25, 0.3) is 0 Å². The molecule has 0 spiro atoms. The first-order valence-corrected chi connectivity index (χ1v) is 5.15. The molecule has 1 aliphatic rings. The number of hydrogen-bond donors (Lipinski definition) is 2. The molecule has 5 heteroatoms. The maximum Gasteiger partial charge on any atom is 0.162 e. The highest BCUT2D eigenvalue weighted by atomic mass is 16.7. The van der Waals surface area contributed by atoms with Gasteiger partial charge in [-0.1, -0.05) is 0 Å². The fraction of sp³-hybridized carbons (Fsp3) is 1.00. The van der Waals surface area contributed by atoms with Gasteiger partial charge in [0.05, 0.1) is 12.7 Å². The van der Waals surface area contributed by atoms with E-state index in [2.05, 4.69) is 0 Å². The zero-order valence-electron chi connectivity index (χ0n) is 9.47. The van der Waals surface area contributed by atoms with Crippen LogP contribution in [0.15, 0.2) is 0 Å². The van der Waals surface area contributed by atoms with Gasteiger partial charge in [-0.15, -0.1) is 0 Å². The Hall–Kier alpha value is -0.200. The van der Waals surface area contributed by atoms with Gasteiger partial charge in [-0.3, -0.25) is 0 Å². The molecule has 0 aromatic rings. The highest BCUT2D eigenvalue weighted by Gasteiger charge is 2.33. The van der Waals surface area contributed by atoms with E-state index in [0.717, 1.165) is 0 Å². The Kier molecular flexibility index (Phi) is 4.48. The minimum atomic E-state index is -1.20. The molecule has 0 radical (unpaired) electrons. The second-order valence-electron chi connectivity index (χ2n) is 4.27. The van der Waals surface area contributed by atoms with Gasteiger partial charge in [-0.25, -0.2) is 0 Å². The lowest BCUT2D eigenvalue weighted by atomic mass is 10.1. The van der Waals surface area contributed by atoms with Crippen molar-refractivity contribution in [2.45, 2.75) is 51.0 Å². The van der Waals surface area contributed by atoms with Crippen LogP contribution in [0.4, 0.5) is 0 Å². The Morgan fingerprint density at radius 2 is 2.13 bits per heavy atom. The van der Waals surface area contributed by atoms with Crippen molar-refractivity contribution in [2.24, 2.45) is 0 Å². The van der Waals surface area contributed by atoms with Crippen LogP contribution in [0.5, 0.6) is 0 Å².